The number of rotatable bonds is 6. The molecule has 1 heterocycles. The summed E-state index contributed by atoms with van der Waals surface area (Å²) in [6.07, 6.45) is -0.958. The summed E-state index contributed by atoms with van der Waals surface area (Å²) in [5, 5.41) is 13.3. The van der Waals surface area contributed by atoms with Crippen molar-refractivity contribution in [2.75, 3.05) is 7.11 Å². The minimum Gasteiger partial charge on any atom is -0.481 e. The molecule has 118 valence electrons. The molecule has 0 radical (unpaired) electrons. The standard InChI is InChI=1S/C16H18F2N2O2/c1-10(16(21)11-6-7-13(17)14(18)8-11)19-9-12-4-3-5-15(20-12)22-2/h3-8,10,16,19,21H,9H2,1-2H3/t10-,16-/m1/s1. The lowest BCUT2D eigenvalue weighted by Crippen LogP contribution is -2.32. The number of pyridine rings is 1. The van der Waals surface area contributed by atoms with Crippen molar-refractivity contribution in [1.82, 2.24) is 10.3 Å². The Morgan fingerprint density at radius 2 is 2.00 bits per heavy atom. The molecule has 0 aliphatic heterocycles. The highest BCUT2D eigenvalue weighted by atomic mass is 19.2. The number of hydrogen-bond acceptors (Lipinski definition) is 4. The van der Waals surface area contributed by atoms with Crippen LogP contribution in [0, 0.1) is 11.6 Å². The van der Waals surface area contributed by atoms with Crippen LogP contribution in [-0.2, 0) is 6.54 Å². The first kappa shape index (κ1) is 16.3. The van der Waals surface area contributed by atoms with E-state index in [4.69, 9.17) is 4.74 Å². The third kappa shape index (κ3) is 3.99. The number of aliphatic hydroxyl groups is 1. The van der Waals surface area contributed by atoms with Gasteiger partial charge in [0.25, 0.3) is 0 Å². The second kappa shape index (κ2) is 7.29. The predicted molar refractivity (Wildman–Crippen MR) is 78.4 cm³/mol. The van der Waals surface area contributed by atoms with Gasteiger partial charge in [0.15, 0.2) is 11.6 Å². The van der Waals surface area contributed by atoms with Crippen LogP contribution >= 0.6 is 0 Å². The van der Waals surface area contributed by atoms with Gasteiger partial charge in [0.2, 0.25) is 5.88 Å². The molecule has 0 spiro atoms. The summed E-state index contributed by atoms with van der Waals surface area (Å²) in [4.78, 5) is 4.25. The normalized spacial score (nSPS) is 13.7. The molecule has 0 aliphatic carbocycles. The van der Waals surface area contributed by atoms with Crippen LogP contribution in [0.1, 0.15) is 24.3 Å². The van der Waals surface area contributed by atoms with Gasteiger partial charge in [0, 0.05) is 18.7 Å². The van der Waals surface area contributed by atoms with E-state index in [0.29, 0.717) is 18.0 Å². The Morgan fingerprint density at radius 1 is 1.23 bits per heavy atom. The molecule has 0 unspecified atom stereocenters. The van der Waals surface area contributed by atoms with Gasteiger partial charge in [0.1, 0.15) is 0 Å². The number of methoxy groups -OCH3 is 1. The Labute approximate surface area is 127 Å². The lowest BCUT2D eigenvalue weighted by atomic mass is 10.0. The van der Waals surface area contributed by atoms with Crippen LogP contribution in [0.15, 0.2) is 36.4 Å². The van der Waals surface area contributed by atoms with Gasteiger partial charge in [-0.1, -0.05) is 12.1 Å². The fourth-order valence-corrected chi connectivity index (χ4v) is 2.03. The molecule has 2 N–H and O–H groups in total. The van der Waals surface area contributed by atoms with Crippen LogP contribution in [0.3, 0.4) is 0 Å². The average molecular weight is 308 g/mol. The predicted octanol–water partition coefficient (Wildman–Crippen LogP) is 2.58. The van der Waals surface area contributed by atoms with Gasteiger partial charge in [-0.3, -0.25) is 0 Å². The Balaban J connectivity index is 1.98. The first-order chi connectivity index (χ1) is 10.5. The first-order valence-corrected chi connectivity index (χ1v) is 6.87. The van der Waals surface area contributed by atoms with Gasteiger partial charge >= 0.3 is 0 Å². The van der Waals surface area contributed by atoms with Gasteiger partial charge in [-0.05, 0) is 30.7 Å². The van der Waals surface area contributed by atoms with Crippen molar-refractivity contribution in [3.05, 3.63) is 59.3 Å². The summed E-state index contributed by atoms with van der Waals surface area (Å²) in [6.45, 7) is 2.17. The highest BCUT2D eigenvalue weighted by Gasteiger charge is 2.17. The van der Waals surface area contributed by atoms with Crippen molar-refractivity contribution in [2.45, 2.75) is 25.6 Å². The van der Waals surface area contributed by atoms with Crippen molar-refractivity contribution in [2.24, 2.45) is 0 Å². The monoisotopic (exact) mass is 308 g/mol. The molecule has 2 atom stereocenters. The second-order valence-corrected chi connectivity index (χ2v) is 4.96. The molecule has 0 amide bonds. The lowest BCUT2D eigenvalue weighted by Gasteiger charge is -2.20. The number of aromatic nitrogens is 1. The van der Waals surface area contributed by atoms with Crippen LogP contribution in [0.4, 0.5) is 8.78 Å². The quantitative estimate of drug-likeness (QED) is 0.861. The Morgan fingerprint density at radius 3 is 2.68 bits per heavy atom. The third-order valence-corrected chi connectivity index (χ3v) is 3.35. The maximum absolute atomic E-state index is 13.2. The molecule has 6 heteroatoms. The van der Waals surface area contributed by atoms with E-state index in [1.807, 2.05) is 12.1 Å². The van der Waals surface area contributed by atoms with Crippen molar-refractivity contribution >= 4 is 0 Å². The minimum absolute atomic E-state index is 0.317. The molecular weight excluding hydrogens is 290 g/mol. The number of nitrogens with one attached hydrogen (secondary N) is 1. The summed E-state index contributed by atoms with van der Waals surface area (Å²) in [5.41, 5.74) is 1.07. The summed E-state index contributed by atoms with van der Waals surface area (Å²) in [6, 6.07) is 8.39. The Bertz CT molecular complexity index is 637. The molecule has 0 fully saturated rings. The largest absolute Gasteiger partial charge is 0.481 e. The summed E-state index contributed by atoms with van der Waals surface area (Å²) < 4.78 is 31.2. The Kier molecular flexibility index (Phi) is 5.41. The van der Waals surface area contributed by atoms with Crippen LogP contribution in [0.5, 0.6) is 5.88 Å². The highest BCUT2D eigenvalue weighted by molar-refractivity contribution is 5.21. The molecule has 0 saturated heterocycles. The van der Waals surface area contributed by atoms with E-state index in [1.165, 1.54) is 13.2 Å². The van der Waals surface area contributed by atoms with E-state index in [0.717, 1.165) is 17.8 Å². The molecule has 4 nitrogen and oxygen atoms in total. The van der Waals surface area contributed by atoms with Crippen LogP contribution < -0.4 is 10.1 Å². The van der Waals surface area contributed by atoms with E-state index in [1.54, 1.807) is 13.0 Å². The minimum atomic E-state index is -0.974. The maximum Gasteiger partial charge on any atom is 0.213 e. The van der Waals surface area contributed by atoms with E-state index in [-0.39, 0.29) is 6.04 Å². The summed E-state index contributed by atoms with van der Waals surface area (Å²) in [5.74, 6) is -1.40. The molecule has 1 aromatic heterocycles. The van der Waals surface area contributed by atoms with E-state index in [2.05, 4.69) is 10.3 Å². The molecular formula is C16H18F2N2O2. The number of aliphatic hydroxyl groups excluding tert-OH is 1. The zero-order valence-corrected chi connectivity index (χ0v) is 12.4. The van der Waals surface area contributed by atoms with E-state index >= 15 is 0 Å². The molecule has 2 rings (SSSR count). The van der Waals surface area contributed by atoms with Crippen LogP contribution in [0.2, 0.25) is 0 Å². The smallest absolute Gasteiger partial charge is 0.213 e. The molecule has 0 aliphatic rings. The van der Waals surface area contributed by atoms with Crippen LogP contribution in [0.25, 0.3) is 0 Å². The van der Waals surface area contributed by atoms with Gasteiger partial charge in [-0.15, -0.1) is 0 Å². The van der Waals surface area contributed by atoms with Crippen molar-refractivity contribution in [3.8, 4) is 5.88 Å². The number of nitrogens with zero attached hydrogens (tertiary/aromatic N) is 1. The average Bonchev–Trinajstić information content (AvgIpc) is 2.54. The van der Waals surface area contributed by atoms with Crippen molar-refractivity contribution in [3.63, 3.8) is 0 Å². The third-order valence-electron chi connectivity index (χ3n) is 3.35. The van der Waals surface area contributed by atoms with Gasteiger partial charge in [0.05, 0.1) is 18.9 Å². The van der Waals surface area contributed by atoms with E-state index in [9.17, 15) is 13.9 Å². The first-order valence-electron chi connectivity index (χ1n) is 6.87. The molecule has 0 saturated carbocycles. The fourth-order valence-electron chi connectivity index (χ4n) is 2.03. The van der Waals surface area contributed by atoms with Gasteiger partial charge in [-0.2, -0.15) is 0 Å². The molecule has 22 heavy (non-hydrogen) atoms. The zero-order valence-electron chi connectivity index (χ0n) is 12.4. The van der Waals surface area contributed by atoms with Crippen LogP contribution in [-0.4, -0.2) is 23.2 Å². The summed E-state index contributed by atoms with van der Waals surface area (Å²) >= 11 is 0. The van der Waals surface area contributed by atoms with Gasteiger partial charge < -0.3 is 15.2 Å². The Hall–Kier alpha value is -2.05. The van der Waals surface area contributed by atoms with Gasteiger partial charge in [-0.25, -0.2) is 13.8 Å². The number of benzene rings is 1. The molecule has 0 bridgehead atoms. The SMILES string of the molecule is COc1cccc(CN[C@H](C)[C@@H](O)c2ccc(F)c(F)c2)n1. The molecule has 2 aromatic rings. The van der Waals surface area contributed by atoms with E-state index < -0.39 is 17.7 Å². The zero-order chi connectivity index (χ0) is 16.1. The number of hydrogen-bond donors (Lipinski definition) is 2. The number of ether oxygens (including phenoxy) is 1. The lowest BCUT2D eigenvalue weighted by molar-refractivity contribution is 0.134. The number of halogens is 2. The molecule has 1 aromatic carbocycles. The summed E-state index contributed by atoms with van der Waals surface area (Å²) in [7, 11) is 1.54. The maximum atomic E-state index is 13.2. The van der Waals surface area contributed by atoms with Crippen molar-refractivity contribution in [1.29, 1.82) is 0 Å². The topological polar surface area (TPSA) is 54.4 Å². The van der Waals surface area contributed by atoms with Crippen molar-refractivity contribution < 1.29 is 18.6 Å². The highest BCUT2D eigenvalue weighted by Crippen LogP contribution is 2.19. The fraction of sp³-hybridized carbons (Fsp3) is 0.312. The second-order valence-electron chi connectivity index (χ2n) is 4.96.